The molecule has 0 spiro atoms. The molecule has 0 saturated carbocycles. The van der Waals surface area contributed by atoms with Gasteiger partial charge in [-0.3, -0.25) is 9.10 Å². The van der Waals surface area contributed by atoms with Crippen molar-refractivity contribution in [2.45, 2.75) is 18.7 Å². The smallest absolute Gasteiger partial charge is 0.340 e. The highest BCUT2D eigenvalue weighted by Gasteiger charge is 2.31. The molecule has 0 atom stereocenters. The Morgan fingerprint density at radius 3 is 2.24 bits per heavy atom. The molecule has 0 aliphatic carbocycles. The minimum atomic E-state index is -4.31. The van der Waals surface area contributed by atoms with Crippen molar-refractivity contribution in [1.29, 1.82) is 0 Å². The molecule has 38 heavy (non-hydrogen) atoms. The molecule has 9 heteroatoms. The average Bonchev–Trinajstić information content (AvgIpc) is 2.92. The highest BCUT2D eigenvalue weighted by Crippen LogP contribution is 2.31. The van der Waals surface area contributed by atoms with Crippen LogP contribution in [0.4, 0.5) is 11.4 Å². The van der Waals surface area contributed by atoms with Crippen LogP contribution in [0.3, 0.4) is 0 Å². The van der Waals surface area contributed by atoms with E-state index in [0.29, 0.717) is 23.4 Å². The summed E-state index contributed by atoms with van der Waals surface area (Å²) in [6, 6.07) is 24.9. The Kier molecular flexibility index (Phi) is 8.28. The number of rotatable bonds is 10. The molecule has 1 N–H and O–H groups in total. The van der Waals surface area contributed by atoms with Gasteiger partial charge in [0.2, 0.25) is 5.91 Å². The fourth-order valence-electron chi connectivity index (χ4n) is 4.04. The van der Waals surface area contributed by atoms with Crippen molar-refractivity contribution in [3.8, 4) is 5.75 Å². The molecular formula is C29H28N2O6S. The van der Waals surface area contributed by atoms with Gasteiger partial charge in [-0.15, -0.1) is 0 Å². The van der Waals surface area contributed by atoms with Gasteiger partial charge in [-0.05, 0) is 61.7 Å². The fourth-order valence-corrected chi connectivity index (χ4v) is 5.70. The van der Waals surface area contributed by atoms with Gasteiger partial charge in [0, 0.05) is 11.1 Å². The Morgan fingerprint density at radius 1 is 0.816 bits per heavy atom. The fraction of sp³-hybridized carbons (Fsp3) is 0.172. The van der Waals surface area contributed by atoms with Gasteiger partial charge in [-0.1, -0.05) is 48.5 Å². The summed E-state index contributed by atoms with van der Waals surface area (Å²) in [5.41, 5.74) is 0.549. The Labute approximate surface area is 221 Å². The summed E-state index contributed by atoms with van der Waals surface area (Å²) in [7, 11) is -4.31. The number of anilines is 2. The molecule has 0 radical (unpaired) electrons. The number of benzene rings is 4. The van der Waals surface area contributed by atoms with Gasteiger partial charge in [-0.2, -0.15) is 0 Å². The lowest BCUT2D eigenvalue weighted by molar-refractivity contribution is -0.114. The predicted octanol–water partition coefficient (Wildman–Crippen LogP) is 5.25. The maximum absolute atomic E-state index is 14.2. The van der Waals surface area contributed by atoms with E-state index >= 15 is 0 Å². The molecule has 0 aromatic heterocycles. The molecule has 196 valence electrons. The third-order valence-electron chi connectivity index (χ3n) is 5.72. The number of para-hydroxylation sites is 1. The van der Waals surface area contributed by atoms with Crippen molar-refractivity contribution in [3.05, 3.63) is 96.6 Å². The molecule has 0 heterocycles. The first-order valence-corrected chi connectivity index (χ1v) is 13.6. The van der Waals surface area contributed by atoms with E-state index in [0.717, 1.165) is 9.69 Å². The molecule has 1 amide bonds. The molecule has 4 aromatic rings. The average molecular weight is 533 g/mol. The number of sulfonamides is 1. The van der Waals surface area contributed by atoms with Crippen LogP contribution >= 0.6 is 0 Å². The van der Waals surface area contributed by atoms with Crippen molar-refractivity contribution in [2.75, 3.05) is 29.4 Å². The largest absolute Gasteiger partial charge is 0.494 e. The van der Waals surface area contributed by atoms with E-state index in [4.69, 9.17) is 9.47 Å². The predicted molar refractivity (Wildman–Crippen MR) is 147 cm³/mol. The number of amides is 1. The van der Waals surface area contributed by atoms with Gasteiger partial charge in [0.25, 0.3) is 10.0 Å². The van der Waals surface area contributed by atoms with E-state index in [1.54, 1.807) is 61.5 Å². The molecule has 4 rings (SSSR count). The Morgan fingerprint density at radius 2 is 1.50 bits per heavy atom. The topological polar surface area (TPSA) is 102 Å². The first kappa shape index (κ1) is 26.7. The number of nitrogens with one attached hydrogen (secondary N) is 1. The van der Waals surface area contributed by atoms with Crippen LogP contribution in [-0.4, -0.2) is 40.1 Å². The van der Waals surface area contributed by atoms with Crippen LogP contribution < -0.4 is 14.4 Å². The second-order valence-electron chi connectivity index (χ2n) is 8.23. The summed E-state index contributed by atoms with van der Waals surface area (Å²) in [6.07, 6.45) is 0. The van der Waals surface area contributed by atoms with E-state index in [2.05, 4.69) is 5.32 Å². The van der Waals surface area contributed by atoms with Crippen molar-refractivity contribution in [1.82, 2.24) is 0 Å². The van der Waals surface area contributed by atoms with Crippen molar-refractivity contribution >= 4 is 44.0 Å². The second kappa shape index (κ2) is 11.8. The standard InChI is InChI=1S/C29H28N2O6S/c1-3-36-23-18-16-22(17-19-23)30-28(32)20-31(26-14-8-7-13-25(26)29(33)37-4-2)38(34,35)27-15-9-11-21-10-5-6-12-24(21)27/h5-19H,3-4,20H2,1-2H3,(H,30,32). The zero-order valence-corrected chi connectivity index (χ0v) is 21.9. The van der Waals surface area contributed by atoms with Crippen LogP contribution in [-0.2, 0) is 19.6 Å². The second-order valence-corrected chi connectivity index (χ2v) is 10.1. The van der Waals surface area contributed by atoms with Gasteiger partial charge >= 0.3 is 5.97 Å². The monoisotopic (exact) mass is 532 g/mol. The summed E-state index contributed by atoms with van der Waals surface area (Å²) < 4.78 is 39.9. The summed E-state index contributed by atoms with van der Waals surface area (Å²) in [6.45, 7) is 3.58. The van der Waals surface area contributed by atoms with Crippen LogP contribution in [0.5, 0.6) is 5.75 Å². The molecular weight excluding hydrogens is 504 g/mol. The van der Waals surface area contributed by atoms with Crippen LogP contribution in [0.15, 0.2) is 95.9 Å². The first-order valence-electron chi connectivity index (χ1n) is 12.1. The van der Waals surface area contributed by atoms with Crippen LogP contribution in [0, 0.1) is 0 Å². The number of ether oxygens (including phenoxy) is 2. The lowest BCUT2D eigenvalue weighted by Gasteiger charge is -2.26. The van der Waals surface area contributed by atoms with Crippen molar-refractivity contribution < 1.29 is 27.5 Å². The Hall–Kier alpha value is -4.37. The van der Waals surface area contributed by atoms with Gasteiger partial charge in [0.05, 0.1) is 29.4 Å². The maximum atomic E-state index is 14.2. The van der Waals surface area contributed by atoms with E-state index in [1.807, 2.05) is 25.1 Å². The van der Waals surface area contributed by atoms with E-state index in [9.17, 15) is 18.0 Å². The van der Waals surface area contributed by atoms with Gasteiger partial charge < -0.3 is 14.8 Å². The Bertz CT molecular complexity index is 1550. The summed E-state index contributed by atoms with van der Waals surface area (Å²) in [4.78, 5) is 26.0. The summed E-state index contributed by atoms with van der Waals surface area (Å²) in [5, 5.41) is 3.96. The first-order chi connectivity index (χ1) is 18.3. The zero-order valence-electron chi connectivity index (χ0n) is 21.1. The highest BCUT2D eigenvalue weighted by molar-refractivity contribution is 7.93. The van der Waals surface area contributed by atoms with Gasteiger partial charge in [0.1, 0.15) is 12.3 Å². The number of esters is 1. The molecule has 8 nitrogen and oxygen atoms in total. The minimum absolute atomic E-state index is 0.0168. The lowest BCUT2D eigenvalue weighted by atomic mass is 10.1. The van der Waals surface area contributed by atoms with E-state index in [-0.39, 0.29) is 22.8 Å². The molecule has 0 bridgehead atoms. The lowest BCUT2D eigenvalue weighted by Crippen LogP contribution is -2.39. The molecule has 0 unspecified atom stereocenters. The molecule has 0 aliphatic rings. The van der Waals surface area contributed by atoms with Crippen LogP contribution in [0.1, 0.15) is 24.2 Å². The third kappa shape index (κ3) is 5.78. The van der Waals surface area contributed by atoms with E-state index in [1.165, 1.54) is 18.2 Å². The summed E-state index contributed by atoms with van der Waals surface area (Å²) in [5.74, 6) is -0.626. The zero-order chi connectivity index (χ0) is 27.1. The number of nitrogens with zero attached hydrogens (tertiary/aromatic N) is 1. The number of carbonyl (C=O) groups excluding carboxylic acids is 2. The summed E-state index contributed by atoms with van der Waals surface area (Å²) >= 11 is 0. The SMILES string of the molecule is CCOC(=O)c1ccccc1N(CC(=O)Nc1ccc(OCC)cc1)S(=O)(=O)c1cccc2ccccc12. The maximum Gasteiger partial charge on any atom is 0.340 e. The minimum Gasteiger partial charge on any atom is -0.494 e. The quantitative estimate of drug-likeness (QED) is 0.280. The third-order valence-corrected chi connectivity index (χ3v) is 7.54. The number of hydrogen-bond acceptors (Lipinski definition) is 6. The van der Waals surface area contributed by atoms with Gasteiger partial charge in [0.15, 0.2) is 0 Å². The molecule has 0 fully saturated rings. The normalized spacial score (nSPS) is 11.1. The number of hydrogen-bond donors (Lipinski definition) is 1. The molecule has 4 aromatic carbocycles. The van der Waals surface area contributed by atoms with Gasteiger partial charge in [-0.25, -0.2) is 13.2 Å². The van der Waals surface area contributed by atoms with Crippen LogP contribution in [0.25, 0.3) is 10.8 Å². The van der Waals surface area contributed by atoms with Crippen molar-refractivity contribution in [2.24, 2.45) is 0 Å². The van der Waals surface area contributed by atoms with Crippen molar-refractivity contribution in [3.63, 3.8) is 0 Å². The molecule has 0 saturated heterocycles. The van der Waals surface area contributed by atoms with E-state index < -0.39 is 28.4 Å². The van der Waals surface area contributed by atoms with Crippen LogP contribution in [0.2, 0.25) is 0 Å². The number of fused-ring (bicyclic) bond motifs is 1. The Balaban J connectivity index is 1.77. The molecule has 0 aliphatic heterocycles. The number of carbonyl (C=O) groups is 2. The highest BCUT2D eigenvalue weighted by atomic mass is 32.2.